The van der Waals surface area contributed by atoms with E-state index in [1.165, 1.54) is 0 Å². The van der Waals surface area contributed by atoms with Crippen LogP contribution in [0.3, 0.4) is 0 Å². The first kappa shape index (κ1) is 13.8. The first-order chi connectivity index (χ1) is 9.09. The second kappa shape index (κ2) is 6.04. The zero-order chi connectivity index (χ0) is 13.8. The van der Waals surface area contributed by atoms with Gasteiger partial charge in [-0.2, -0.15) is 0 Å². The SMILES string of the molecule is C[C@H](O)c1ccc2ccccc2c1OCCN(C)C. The molecule has 2 aromatic rings. The predicted molar refractivity (Wildman–Crippen MR) is 78.6 cm³/mol. The predicted octanol–water partition coefficient (Wildman–Crippen LogP) is 2.83. The van der Waals surface area contributed by atoms with Crippen LogP contribution in [0.5, 0.6) is 5.75 Å². The summed E-state index contributed by atoms with van der Waals surface area (Å²) in [6.07, 6.45) is -0.529. The highest BCUT2D eigenvalue weighted by Crippen LogP contribution is 2.33. The highest BCUT2D eigenvalue weighted by molar-refractivity contribution is 5.89. The molecule has 1 N–H and O–H groups in total. The van der Waals surface area contributed by atoms with E-state index >= 15 is 0 Å². The molecule has 2 rings (SSSR count). The van der Waals surface area contributed by atoms with Crippen LogP contribution in [-0.2, 0) is 0 Å². The molecule has 0 aliphatic carbocycles. The summed E-state index contributed by atoms with van der Waals surface area (Å²) in [7, 11) is 4.03. The van der Waals surface area contributed by atoms with Crippen LogP contribution in [0.1, 0.15) is 18.6 Å². The van der Waals surface area contributed by atoms with Crippen molar-refractivity contribution in [3.63, 3.8) is 0 Å². The van der Waals surface area contributed by atoms with Crippen LogP contribution in [0.4, 0.5) is 0 Å². The summed E-state index contributed by atoms with van der Waals surface area (Å²) in [5.41, 5.74) is 0.845. The fraction of sp³-hybridized carbons (Fsp3) is 0.375. The van der Waals surface area contributed by atoms with E-state index in [4.69, 9.17) is 4.74 Å². The van der Waals surface area contributed by atoms with Crippen molar-refractivity contribution < 1.29 is 9.84 Å². The van der Waals surface area contributed by atoms with Crippen molar-refractivity contribution in [3.8, 4) is 5.75 Å². The minimum Gasteiger partial charge on any atom is -0.491 e. The number of hydrogen-bond acceptors (Lipinski definition) is 3. The molecule has 2 aromatic carbocycles. The summed E-state index contributed by atoms with van der Waals surface area (Å²) in [5, 5.41) is 12.1. The van der Waals surface area contributed by atoms with E-state index in [9.17, 15) is 5.11 Å². The maximum atomic E-state index is 9.88. The van der Waals surface area contributed by atoms with E-state index in [1.807, 2.05) is 44.4 Å². The molecule has 0 spiro atoms. The number of rotatable bonds is 5. The first-order valence-corrected chi connectivity index (χ1v) is 6.57. The van der Waals surface area contributed by atoms with E-state index in [-0.39, 0.29) is 0 Å². The molecule has 0 bridgehead atoms. The number of aliphatic hydroxyl groups excluding tert-OH is 1. The van der Waals surface area contributed by atoms with Crippen molar-refractivity contribution in [2.24, 2.45) is 0 Å². The van der Waals surface area contributed by atoms with Crippen molar-refractivity contribution in [1.82, 2.24) is 4.90 Å². The average Bonchev–Trinajstić information content (AvgIpc) is 2.38. The minimum absolute atomic E-state index is 0.529. The van der Waals surface area contributed by atoms with Crippen molar-refractivity contribution in [2.45, 2.75) is 13.0 Å². The number of aliphatic hydroxyl groups is 1. The Labute approximate surface area is 114 Å². The molecule has 19 heavy (non-hydrogen) atoms. The summed E-state index contributed by atoms with van der Waals surface area (Å²) in [6.45, 7) is 3.23. The van der Waals surface area contributed by atoms with Gasteiger partial charge < -0.3 is 14.7 Å². The maximum Gasteiger partial charge on any atom is 0.132 e. The fourth-order valence-electron chi connectivity index (χ4n) is 2.08. The van der Waals surface area contributed by atoms with Gasteiger partial charge >= 0.3 is 0 Å². The Kier molecular flexibility index (Phi) is 4.40. The molecule has 0 saturated heterocycles. The van der Waals surface area contributed by atoms with Crippen LogP contribution >= 0.6 is 0 Å². The number of likely N-dealkylation sites (N-methyl/N-ethyl adjacent to an activating group) is 1. The Bertz CT molecular complexity index is 549. The molecule has 0 aromatic heterocycles. The van der Waals surface area contributed by atoms with Gasteiger partial charge in [0.15, 0.2) is 0 Å². The highest BCUT2D eigenvalue weighted by atomic mass is 16.5. The third-order valence-corrected chi connectivity index (χ3v) is 3.15. The normalized spacial score (nSPS) is 12.9. The van der Waals surface area contributed by atoms with E-state index in [0.29, 0.717) is 6.61 Å². The molecule has 3 heteroatoms. The van der Waals surface area contributed by atoms with Gasteiger partial charge in [-0.1, -0.05) is 36.4 Å². The lowest BCUT2D eigenvalue weighted by Crippen LogP contribution is -2.20. The fourth-order valence-corrected chi connectivity index (χ4v) is 2.08. The van der Waals surface area contributed by atoms with Crippen molar-refractivity contribution in [2.75, 3.05) is 27.2 Å². The zero-order valence-corrected chi connectivity index (χ0v) is 11.8. The lowest BCUT2D eigenvalue weighted by atomic mass is 10.0. The number of ether oxygens (including phenoxy) is 1. The van der Waals surface area contributed by atoms with Gasteiger partial charge in [0.05, 0.1) is 6.10 Å². The second-order valence-electron chi connectivity index (χ2n) is 5.03. The van der Waals surface area contributed by atoms with Gasteiger partial charge in [0.2, 0.25) is 0 Å². The molecule has 0 saturated carbocycles. The first-order valence-electron chi connectivity index (χ1n) is 6.57. The molecule has 0 unspecified atom stereocenters. The standard InChI is InChI=1S/C16H21NO2/c1-12(18)14-9-8-13-6-4-5-7-15(13)16(14)19-11-10-17(2)3/h4-9,12,18H,10-11H2,1-3H3/t12-/m0/s1. The van der Waals surface area contributed by atoms with Crippen molar-refractivity contribution in [3.05, 3.63) is 42.0 Å². The summed E-state index contributed by atoms with van der Waals surface area (Å²) in [6, 6.07) is 12.1. The van der Waals surface area contributed by atoms with E-state index < -0.39 is 6.10 Å². The quantitative estimate of drug-likeness (QED) is 0.896. The van der Waals surface area contributed by atoms with Gasteiger partial charge in [-0.25, -0.2) is 0 Å². The Hall–Kier alpha value is -1.58. The van der Waals surface area contributed by atoms with E-state index in [2.05, 4.69) is 11.0 Å². The monoisotopic (exact) mass is 259 g/mol. The number of fused-ring (bicyclic) bond motifs is 1. The van der Waals surface area contributed by atoms with Gasteiger partial charge in [0.1, 0.15) is 12.4 Å². The summed E-state index contributed by atoms with van der Waals surface area (Å²) < 4.78 is 5.92. The van der Waals surface area contributed by atoms with Crippen LogP contribution < -0.4 is 4.74 Å². The van der Waals surface area contributed by atoms with Gasteiger partial charge in [0.25, 0.3) is 0 Å². The molecule has 1 atom stereocenters. The molecular formula is C16H21NO2. The van der Waals surface area contributed by atoms with E-state index in [0.717, 1.165) is 28.6 Å². The third-order valence-electron chi connectivity index (χ3n) is 3.15. The summed E-state index contributed by atoms with van der Waals surface area (Å²) in [5.74, 6) is 0.801. The smallest absolute Gasteiger partial charge is 0.132 e. The van der Waals surface area contributed by atoms with Crippen LogP contribution in [0.25, 0.3) is 10.8 Å². The largest absolute Gasteiger partial charge is 0.491 e. The Morgan fingerprint density at radius 3 is 2.58 bits per heavy atom. The molecule has 0 heterocycles. The maximum absolute atomic E-state index is 9.88. The molecule has 102 valence electrons. The number of nitrogens with zero attached hydrogens (tertiary/aromatic N) is 1. The molecule has 0 amide bonds. The molecule has 0 fully saturated rings. The van der Waals surface area contributed by atoms with Crippen molar-refractivity contribution in [1.29, 1.82) is 0 Å². The Morgan fingerprint density at radius 2 is 1.89 bits per heavy atom. The minimum atomic E-state index is -0.529. The van der Waals surface area contributed by atoms with Crippen molar-refractivity contribution >= 4 is 10.8 Å². The van der Waals surface area contributed by atoms with E-state index in [1.54, 1.807) is 6.92 Å². The molecule has 0 radical (unpaired) electrons. The molecule has 0 aliphatic rings. The topological polar surface area (TPSA) is 32.7 Å². The van der Waals surface area contributed by atoms with Gasteiger partial charge in [0, 0.05) is 17.5 Å². The number of benzene rings is 2. The van der Waals surface area contributed by atoms with Gasteiger partial charge in [-0.15, -0.1) is 0 Å². The molecule has 3 nitrogen and oxygen atoms in total. The van der Waals surface area contributed by atoms with Crippen LogP contribution in [0.15, 0.2) is 36.4 Å². The molecular weight excluding hydrogens is 238 g/mol. The van der Waals surface area contributed by atoms with Gasteiger partial charge in [-0.3, -0.25) is 0 Å². The van der Waals surface area contributed by atoms with Crippen LogP contribution in [0.2, 0.25) is 0 Å². The average molecular weight is 259 g/mol. The summed E-state index contributed by atoms with van der Waals surface area (Å²) >= 11 is 0. The van der Waals surface area contributed by atoms with Crippen LogP contribution in [0, 0.1) is 0 Å². The van der Waals surface area contributed by atoms with Gasteiger partial charge in [-0.05, 0) is 26.4 Å². The Balaban J connectivity index is 2.38. The lowest BCUT2D eigenvalue weighted by molar-refractivity contribution is 0.189. The third kappa shape index (κ3) is 3.25. The van der Waals surface area contributed by atoms with Crippen LogP contribution in [-0.4, -0.2) is 37.3 Å². The zero-order valence-electron chi connectivity index (χ0n) is 11.8. The highest BCUT2D eigenvalue weighted by Gasteiger charge is 2.12. The Morgan fingerprint density at radius 1 is 1.16 bits per heavy atom. The summed E-state index contributed by atoms with van der Waals surface area (Å²) in [4.78, 5) is 2.08. The number of hydrogen-bond donors (Lipinski definition) is 1. The second-order valence-corrected chi connectivity index (χ2v) is 5.03. The lowest BCUT2D eigenvalue weighted by Gasteiger charge is -2.17. The molecule has 0 aliphatic heterocycles.